The Hall–Kier alpha value is -4.73. The third-order valence-electron chi connectivity index (χ3n) is 8.79. The van der Waals surface area contributed by atoms with Crippen LogP contribution in [-0.4, -0.2) is 60.6 Å². The van der Waals surface area contributed by atoms with E-state index in [2.05, 4.69) is 27.2 Å². The second-order valence-electron chi connectivity index (χ2n) is 11.8. The zero-order valence-electron chi connectivity index (χ0n) is 24.6. The molecule has 10 heteroatoms. The Bertz CT molecular complexity index is 1780. The summed E-state index contributed by atoms with van der Waals surface area (Å²) in [5, 5.41) is 3.39. The fourth-order valence-electron chi connectivity index (χ4n) is 6.13. The standard InChI is InChI=1S/C33H33FN6O3/c1-19(22-8-6-5-7-9-22)26(34)15-38-32(43)28-11-33(4)12-30(33)40(28)31(42)18-39-17-25(20(2)41)24-10-27(37-16-29(24)39)23-13-35-21(3)36-14-23/h5-10,13-14,16-17,28,30H,11-12,15,18H2,1-4H3,(H,38,43)/b26-19+/t28-,30?,33-/m0/s1. The lowest BCUT2D eigenvalue weighted by Gasteiger charge is -2.27. The molecule has 1 N–H and O–H groups in total. The molecule has 2 amide bonds. The maximum Gasteiger partial charge on any atom is 0.243 e. The molecule has 2 fully saturated rings. The second kappa shape index (κ2) is 10.8. The zero-order valence-corrected chi connectivity index (χ0v) is 24.6. The molecule has 1 saturated heterocycles. The van der Waals surface area contributed by atoms with E-state index in [0.29, 0.717) is 40.0 Å². The maximum absolute atomic E-state index is 14.9. The molecule has 9 nitrogen and oxygen atoms in total. The van der Waals surface area contributed by atoms with Gasteiger partial charge in [-0.05, 0) is 56.2 Å². The van der Waals surface area contributed by atoms with Crippen LogP contribution in [0, 0.1) is 12.3 Å². The van der Waals surface area contributed by atoms with E-state index in [0.717, 1.165) is 17.5 Å². The van der Waals surface area contributed by atoms with Crippen LogP contribution in [0.25, 0.3) is 27.7 Å². The smallest absolute Gasteiger partial charge is 0.243 e. The number of carbonyl (C=O) groups is 3. The summed E-state index contributed by atoms with van der Waals surface area (Å²) in [7, 11) is 0. The number of allylic oxidation sites excluding steroid dienone is 1. The first-order chi connectivity index (χ1) is 20.6. The number of piperidine rings is 1. The first-order valence-electron chi connectivity index (χ1n) is 14.3. The van der Waals surface area contributed by atoms with Gasteiger partial charge < -0.3 is 14.8 Å². The van der Waals surface area contributed by atoms with E-state index in [1.807, 2.05) is 36.4 Å². The summed E-state index contributed by atoms with van der Waals surface area (Å²) >= 11 is 0. The van der Waals surface area contributed by atoms with Crippen LogP contribution in [0.4, 0.5) is 4.39 Å². The van der Waals surface area contributed by atoms with Crippen LogP contribution in [0.3, 0.4) is 0 Å². The summed E-state index contributed by atoms with van der Waals surface area (Å²) in [6.07, 6.45) is 8.02. The quantitative estimate of drug-likeness (QED) is 0.297. The minimum Gasteiger partial charge on any atom is -0.348 e. The van der Waals surface area contributed by atoms with E-state index in [-0.39, 0.29) is 42.1 Å². The van der Waals surface area contributed by atoms with Gasteiger partial charge in [0.25, 0.3) is 0 Å². The first-order valence-corrected chi connectivity index (χ1v) is 14.3. The number of amides is 2. The summed E-state index contributed by atoms with van der Waals surface area (Å²) < 4.78 is 16.7. The largest absolute Gasteiger partial charge is 0.348 e. The van der Waals surface area contributed by atoms with Gasteiger partial charge in [0.05, 0.1) is 24.0 Å². The summed E-state index contributed by atoms with van der Waals surface area (Å²) in [5.74, 6) is -0.519. The molecule has 0 radical (unpaired) electrons. The number of fused-ring (bicyclic) bond motifs is 2. The van der Waals surface area contributed by atoms with E-state index in [9.17, 15) is 18.8 Å². The normalized spacial score (nSPS) is 21.4. The molecule has 3 atom stereocenters. The van der Waals surface area contributed by atoms with Crippen molar-refractivity contribution in [3.05, 3.63) is 84.0 Å². The molecule has 3 aromatic heterocycles. The highest BCUT2D eigenvalue weighted by atomic mass is 19.1. The average molecular weight is 581 g/mol. The van der Waals surface area contributed by atoms with Gasteiger partial charge in [0.1, 0.15) is 24.2 Å². The number of hydrogen-bond acceptors (Lipinski definition) is 6. The van der Waals surface area contributed by atoms with Crippen molar-refractivity contribution in [1.29, 1.82) is 0 Å². The van der Waals surface area contributed by atoms with Crippen LogP contribution in [-0.2, 0) is 16.1 Å². The van der Waals surface area contributed by atoms with E-state index in [1.54, 1.807) is 48.1 Å². The summed E-state index contributed by atoms with van der Waals surface area (Å²) in [4.78, 5) is 54.4. The van der Waals surface area contributed by atoms with Crippen LogP contribution in [0.5, 0.6) is 0 Å². The highest BCUT2D eigenvalue weighted by Gasteiger charge is 2.64. The van der Waals surface area contributed by atoms with Gasteiger partial charge >= 0.3 is 0 Å². The topological polar surface area (TPSA) is 110 Å². The lowest BCUT2D eigenvalue weighted by atomic mass is 10.0. The van der Waals surface area contributed by atoms with Crippen LogP contribution >= 0.6 is 0 Å². The SMILES string of the molecule is CC(=O)c1cn(CC(=O)N2C3C[C@]3(C)C[C@H]2C(=O)NC/C(F)=C(/C)c2ccccc2)c2cnc(-c3cnc(C)nc3)cc12. The molecule has 4 heterocycles. The fraction of sp³-hybridized carbons (Fsp3) is 0.333. The number of rotatable bonds is 8. The summed E-state index contributed by atoms with van der Waals surface area (Å²) in [6.45, 7) is 6.73. The number of pyridine rings is 1. The number of benzene rings is 1. The molecule has 1 saturated carbocycles. The van der Waals surface area contributed by atoms with Gasteiger partial charge in [-0.3, -0.25) is 19.4 Å². The van der Waals surface area contributed by atoms with Gasteiger partial charge in [-0.2, -0.15) is 0 Å². The summed E-state index contributed by atoms with van der Waals surface area (Å²) in [5.41, 5.74) is 3.52. The van der Waals surface area contributed by atoms with Crippen molar-refractivity contribution < 1.29 is 18.8 Å². The van der Waals surface area contributed by atoms with Gasteiger partial charge in [-0.25, -0.2) is 14.4 Å². The molecule has 6 rings (SSSR count). The van der Waals surface area contributed by atoms with E-state index < -0.39 is 11.9 Å². The Labute approximate surface area is 248 Å². The number of aromatic nitrogens is 4. The molecular weight excluding hydrogens is 547 g/mol. The van der Waals surface area contributed by atoms with Crippen molar-refractivity contribution in [1.82, 2.24) is 29.7 Å². The number of carbonyl (C=O) groups excluding carboxylic acids is 3. The number of ketones is 1. The van der Waals surface area contributed by atoms with Crippen molar-refractivity contribution in [3.63, 3.8) is 0 Å². The Balaban J connectivity index is 1.22. The lowest BCUT2D eigenvalue weighted by molar-refractivity contribution is -0.140. The first kappa shape index (κ1) is 28.4. The maximum atomic E-state index is 14.9. The molecule has 43 heavy (non-hydrogen) atoms. The number of aryl methyl sites for hydroxylation is 1. The van der Waals surface area contributed by atoms with Gasteiger partial charge in [-0.15, -0.1) is 0 Å². The summed E-state index contributed by atoms with van der Waals surface area (Å²) in [6, 6.07) is 10.2. The molecule has 2 aliphatic rings. The third-order valence-corrected chi connectivity index (χ3v) is 8.79. The minimum atomic E-state index is -0.693. The second-order valence-corrected chi connectivity index (χ2v) is 11.8. The molecule has 1 unspecified atom stereocenters. The molecule has 0 bridgehead atoms. The Kier molecular flexibility index (Phi) is 7.15. The Morgan fingerprint density at radius 1 is 1.05 bits per heavy atom. The van der Waals surface area contributed by atoms with Crippen LogP contribution < -0.4 is 5.32 Å². The van der Waals surface area contributed by atoms with Gasteiger partial charge in [-0.1, -0.05) is 37.3 Å². The zero-order chi connectivity index (χ0) is 30.5. The number of nitrogens with one attached hydrogen (secondary N) is 1. The molecule has 0 spiro atoms. The van der Waals surface area contributed by atoms with Crippen molar-refractivity contribution >= 4 is 34.1 Å². The minimum absolute atomic E-state index is 0.0532. The van der Waals surface area contributed by atoms with Crippen LogP contribution in [0.15, 0.2) is 67.0 Å². The van der Waals surface area contributed by atoms with Crippen molar-refractivity contribution in [2.24, 2.45) is 5.41 Å². The monoisotopic (exact) mass is 580 g/mol. The van der Waals surface area contributed by atoms with E-state index in [4.69, 9.17) is 0 Å². The average Bonchev–Trinajstić information content (AvgIpc) is 3.37. The van der Waals surface area contributed by atoms with Crippen molar-refractivity contribution in [3.8, 4) is 11.3 Å². The van der Waals surface area contributed by atoms with Crippen molar-refractivity contribution in [2.45, 2.75) is 59.2 Å². The number of likely N-dealkylation sites (tertiary alicyclic amines) is 1. The molecular formula is C33H33FN6O3. The van der Waals surface area contributed by atoms with Crippen LogP contribution in [0.1, 0.15) is 55.4 Å². The number of halogens is 1. The van der Waals surface area contributed by atoms with E-state index in [1.165, 1.54) is 6.92 Å². The van der Waals surface area contributed by atoms with Crippen LogP contribution in [0.2, 0.25) is 0 Å². The molecule has 1 aliphatic carbocycles. The predicted molar refractivity (Wildman–Crippen MR) is 160 cm³/mol. The Morgan fingerprint density at radius 2 is 1.77 bits per heavy atom. The third kappa shape index (κ3) is 5.33. The highest BCUT2D eigenvalue weighted by Crippen LogP contribution is 2.59. The number of nitrogens with zero attached hydrogens (tertiary/aromatic N) is 5. The number of Topliss-reactive ketones (excluding diaryl/α,β-unsaturated/α-hetero) is 1. The van der Waals surface area contributed by atoms with Gasteiger partial charge in [0, 0.05) is 41.1 Å². The molecule has 220 valence electrons. The predicted octanol–water partition coefficient (Wildman–Crippen LogP) is 4.90. The lowest BCUT2D eigenvalue weighted by Crippen LogP contribution is -2.49. The Morgan fingerprint density at radius 3 is 2.47 bits per heavy atom. The van der Waals surface area contributed by atoms with Gasteiger partial charge in [0.2, 0.25) is 11.8 Å². The molecule has 1 aliphatic heterocycles. The van der Waals surface area contributed by atoms with E-state index >= 15 is 0 Å². The fourth-order valence-corrected chi connectivity index (χ4v) is 6.13. The highest BCUT2D eigenvalue weighted by molar-refractivity contribution is 6.07. The molecule has 1 aromatic carbocycles. The number of hydrogen-bond donors (Lipinski definition) is 1. The van der Waals surface area contributed by atoms with Gasteiger partial charge in [0.15, 0.2) is 5.78 Å². The molecule has 4 aromatic rings. The van der Waals surface area contributed by atoms with Crippen molar-refractivity contribution in [2.75, 3.05) is 6.54 Å².